The Morgan fingerprint density at radius 1 is 1.10 bits per heavy atom. The van der Waals surface area contributed by atoms with Crippen LogP contribution in [0, 0.1) is 0 Å². The Labute approximate surface area is 178 Å². The van der Waals surface area contributed by atoms with Crippen molar-refractivity contribution in [2.75, 3.05) is 5.75 Å². The summed E-state index contributed by atoms with van der Waals surface area (Å²) in [6.07, 6.45) is 1.76. The first-order chi connectivity index (χ1) is 14.3. The molecule has 5 rings (SSSR count). The number of benzene rings is 2. The van der Waals surface area contributed by atoms with Gasteiger partial charge in [-0.15, -0.1) is 21.5 Å². The Morgan fingerprint density at radius 3 is 2.76 bits per heavy atom. The van der Waals surface area contributed by atoms with Gasteiger partial charge < -0.3 is 5.32 Å². The number of hydrogen-bond donors (Lipinski definition) is 1. The van der Waals surface area contributed by atoms with Crippen LogP contribution in [0.15, 0.2) is 71.3 Å². The predicted molar refractivity (Wildman–Crippen MR) is 118 cm³/mol. The van der Waals surface area contributed by atoms with Gasteiger partial charge >= 0.3 is 0 Å². The molecule has 3 heterocycles. The predicted octanol–water partition coefficient (Wildman–Crippen LogP) is 4.40. The van der Waals surface area contributed by atoms with Gasteiger partial charge in [0.1, 0.15) is 11.0 Å². The number of aromatic nitrogens is 4. The summed E-state index contributed by atoms with van der Waals surface area (Å²) in [4.78, 5) is 18.0. The molecule has 0 radical (unpaired) electrons. The van der Waals surface area contributed by atoms with Gasteiger partial charge in [0.15, 0.2) is 5.16 Å². The molecule has 0 saturated carbocycles. The maximum absolute atomic E-state index is 12.7. The highest BCUT2D eigenvalue weighted by atomic mass is 32.2. The Hall–Kier alpha value is -2.75. The van der Waals surface area contributed by atoms with E-state index in [1.165, 1.54) is 23.1 Å². The third-order valence-corrected chi connectivity index (χ3v) is 7.16. The molecular weight excluding hydrogens is 422 g/mol. The molecule has 144 valence electrons. The minimum atomic E-state index is -0.260. The van der Waals surface area contributed by atoms with E-state index in [0.717, 1.165) is 30.9 Å². The monoisotopic (exact) mass is 437 g/mol. The standard InChI is InChI=1S/C20H15N5OS3/c26-16(22-17(18-21-10-11-27-18)13-6-2-1-3-7-13)12-28-19-23-24-20-25(19)14-8-4-5-9-15(14)29-20/h1-11,17H,12H2,(H,22,26). The summed E-state index contributed by atoms with van der Waals surface area (Å²) in [5.74, 6) is 0.176. The fourth-order valence-corrected chi connectivity index (χ4v) is 5.58. The number of amides is 1. The molecule has 9 heteroatoms. The van der Waals surface area contributed by atoms with Crippen molar-refractivity contribution < 1.29 is 4.79 Å². The van der Waals surface area contributed by atoms with E-state index in [9.17, 15) is 4.79 Å². The minimum Gasteiger partial charge on any atom is -0.342 e. The second kappa shape index (κ2) is 7.94. The number of carbonyl (C=O) groups is 1. The summed E-state index contributed by atoms with van der Waals surface area (Å²) in [7, 11) is 0. The van der Waals surface area contributed by atoms with Gasteiger partial charge in [0.25, 0.3) is 0 Å². The van der Waals surface area contributed by atoms with Gasteiger partial charge in [-0.3, -0.25) is 9.20 Å². The van der Waals surface area contributed by atoms with Crippen LogP contribution in [0.1, 0.15) is 16.6 Å². The second-order valence-electron chi connectivity index (χ2n) is 6.24. The van der Waals surface area contributed by atoms with Gasteiger partial charge in [-0.1, -0.05) is 65.6 Å². The van der Waals surface area contributed by atoms with E-state index in [1.54, 1.807) is 17.5 Å². The fraction of sp³-hybridized carbons (Fsp3) is 0.100. The lowest BCUT2D eigenvalue weighted by atomic mass is 10.1. The van der Waals surface area contributed by atoms with Crippen LogP contribution in [0.4, 0.5) is 0 Å². The zero-order chi connectivity index (χ0) is 19.6. The maximum Gasteiger partial charge on any atom is 0.231 e. The molecule has 0 aliphatic rings. The zero-order valence-electron chi connectivity index (χ0n) is 15.1. The Balaban J connectivity index is 1.34. The number of fused-ring (bicyclic) bond motifs is 3. The maximum atomic E-state index is 12.7. The van der Waals surface area contributed by atoms with Crippen molar-refractivity contribution in [1.82, 2.24) is 24.9 Å². The molecule has 0 fully saturated rings. The topological polar surface area (TPSA) is 72.2 Å². The third kappa shape index (κ3) is 3.64. The fourth-order valence-electron chi connectivity index (χ4n) is 3.09. The third-order valence-electron chi connectivity index (χ3n) is 4.38. The molecule has 1 unspecified atom stereocenters. The lowest BCUT2D eigenvalue weighted by molar-refractivity contribution is -0.119. The Kier molecular flexibility index (Phi) is 5.01. The normalized spacial score (nSPS) is 12.4. The molecule has 0 aliphatic heterocycles. The van der Waals surface area contributed by atoms with Crippen LogP contribution in [-0.4, -0.2) is 31.2 Å². The number of hydrogen-bond acceptors (Lipinski definition) is 7. The molecule has 0 saturated heterocycles. The summed E-state index contributed by atoms with van der Waals surface area (Å²) in [6, 6.07) is 17.7. The molecule has 29 heavy (non-hydrogen) atoms. The molecule has 1 atom stereocenters. The van der Waals surface area contributed by atoms with Gasteiger partial charge in [-0.2, -0.15) is 0 Å². The molecule has 0 spiro atoms. The van der Waals surface area contributed by atoms with E-state index in [4.69, 9.17) is 0 Å². The minimum absolute atomic E-state index is 0.0738. The smallest absolute Gasteiger partial charge is 0.231 e. The lowest BCUT2D eigenvalue weighted by Gasteiger charge is -2.16. The highest BCUT2D eigenvalue weighted by molar-refractivity contribution is 7.99. The first-order valence-corrected chi connectivity index (χ1v) is 11.6. The van der Waals surface area contributed by atoms with Crippen LogP contribution < -0.4 is 5.32 Å². The molecule has 1 N–H and O–H groups in total. The van der Waals surface area contributed by atoms with E-state index in [2.05, 4.69) is 26.6 Å². The number of para-hydroxylation sites is 1. The van der Waals surface area contributed by atoms with Crippen molar-refractivity contribution in [2.45, 2.75) is 11.2 Å². The quantitative estimate of drug-likeness (QED) is 0.399. The molecule has 6 nitrogen and oxygen atoms in total. The first kappa shape index (κ1) is 18.3. The van der Waals surface area contributed by atoms with Crippen molar-refractivity contribution in [3.8, 4) is 0 Å². The Morgan fingerprint density at radius 2 is 1.93 bits per heavy atom. The number of nitrogens with one attached hydrogen (secondary N) is 1. The van der Waals surface area contributed by atoms with E-state index >= 15 is 0 Å². The summed E-state index contributed by atoms with van der Waals surface area (Å²) in [5.41, 5.74) is 2.07. The molecule has 1 amide bonds. The highest BCUT2D eigenvalue weighted by Crippen LogP contribution is 2.29. The first-order valence-electron chi connectivity index (χ1n) is 8.89. The van der Waals surface area contributed by atoms with Crippen LogP contribution in [0.25, 0.3) is 15.2 Å². The van der Waals surface area contributed by atoms with Crippen LogP contribution in [0.2, 0.25) is 0 Å². The molecule has 3 aromatic heterocycles. The van der Waals surface area contributed by atoms with Crippen molar-refractivity contribution in [3.05, 3.63) is 76.7 Å². The van der Waals surface area contributed by atoms with Crippen molar-refractivity contribution in [1.29, 1.82) is 0 Å². The van der Waals surface area contributed by atoms with Crippen LogP contribution in [0.5, 0.6) is 0 Å². The second-order valence-corrected chi connectivity index (χ2v) is 9.12. The summed E-state index contributed by atoms with van der Waals surface area (Å²) >= 11 is 4.51. The molecule has 0 aliphatic carbocycles. The van der Waals surface area contributed by atoms with E-state index in [0.29, 0.717) is 0 Å². The SMILES string of the molecule is O=C(CSc1nnc2sc3ccccc3n12)NC(c1ccccc1)c1nccs1. The van der Waals surface area contributed by atoms with E-state index in [-0.39, 0.29) is 17.7 Å². The lowest BCUT2D eigenvalue weighted by Crippen LogP contribution is -2.30. The summed E-state index contributed by atoms with van der Waals surface area (Å²) in [6.45, 7) is 0. The zero-order valence-corrected chi connectivity index (χ0v) is 17.5. The van der Waals surface area contributed by atoms with Gasteiger partial charge in [-0.25, -0.2) is 4.98 Å². The molecule has 2 aromatic carbocycles. The van der Waals surface area contributed by atoms with Crippen molar-refractivity contribution >= 4 is 55.5 Å². The van der Waals surface area contributed by atoms with E-state index < -0.39 is 0 Å². The van der Waals surface area contributed by atoms with Gasteiger partial charge in [-0.05, 0) is 17.7 Å². The molecular formula is C20H15N5OS3. The number of thioether (sulfide) groups is 1. The van der Waals surface area contributed by atoms with Crippen LogP contribution in [0.3, 0.4) is 0 Å². The molecule has 0 bridgehead atoms. The number of nitrogens with zero attached hydrogens (tertiary/aromatic N) is 4. The van der Waals surface area contributed by atoms with Crippen molar-refractivity contribution in [3.63, 3.8) is 0 Å². The summed E-state index contributed by atoms with van der Waals surface area (Å²) in [5, 5.41) is 15.1. The van der Waals surface area contributed by atoms with Gasteiger partial charge in [0, 0.05) is 11.6 Å². The highest BCUT2D eigenvalue weighted by Gasteiger charge is 2.20. The van der Waals surface area contributed by atoms with Gasteiger partial charge in [0.05, 0.1) is 16.0 Å². The number of carbonyl (C=O) groups excluding carboxylic acids is 1. The van der Waals surface area contributed by atoms with E-state index in [1.807, 2.05) is 58.3 Å². The average molecular weight is 438 g/mol. The van der Waals surface area contributed by atoms with Gasteiger partial charge in [0.2, 0.25) is 10.9 Å². The average Bonchev–Trinajstić information content (AvgIpc) is 3.48. The largest absolute Gasteiger partial charge is 0.342 e. The Bertz CT molecular complexity index is 1260. The van der Waals surface area contributed by atoms with Crippen molar-refractivity contribution in [2.24, 2.45) is 0 Å². The number of thiazole rings is 2. The van der Waals surface area contributed by atoms with Crippen LogP contribution in [-0.2, 0) is 4.79 Å². The summed E-state index contributed by atoms with van der Waals surface area (Å²) < 4.78 is 3.16. The molecule has 5 aromatic rings. The van der Waals surface area contributed by atoms with Crippen LogP contribution >= 0.6 is 34.4 Å². The number of rotatable bonds is 6.